The second-order valence-corrected chi connectivity index (χ2v) is 6.78. The number of benzene rings is 2. The SMILES string of the molecule is CCOC(=O)C1=C(CSc2ccc3ccccc3c2)NC(=O)N[C@H]1C. The van der Waals surface area contributed by atoms with Crippen LogP contribution >= 0.6 is 11.8 Å². The predicted octanol–water partition coefficient (Wildman–Crippen LogP) is 3.45. The number of carbonyl (C=O) groups excluding carboxylic acids is 2. The van der Waals surface area contributed by atoms with Crippen LogP contribution in [0.5, 0.6) is 0 Å². The standard InChI is InChI=1S/C19H20N2O3S/c1-3-24-18(22)17-12(2)20-19(23)21-16(17)11-25-15-9-8-13-6-4-5-7-14(13)10-15/h4-10,12H,3,11H2,1-2H3,(H2,20,21,23)/t12-/m0/s1. The van der Waals surface area contributed by atoms with Gasteiger partial charge >= 0.3 is 12.0 Å². The van der Waals surface area contributed by atoms with Gasteiger partial charge in [0.15, 0.2) is 0 Å². The van der Waals surface area contributed by atoms with Crippen molar-refractivity contribution in [3.63, 3.8) is 0 Å². The highest BCUT2D eigenvalue weighted by atomic mass is 32.2. The molecule has 0 bridgehead atoms. The molecule has 0 aliphatic carbocycles. The van der Waals surface area contributed by atoms with E-state index in [-0.39, 0.29) is 12.1 Å². The number of ether oxygens (including phenoxy) is 1. The summed E-state index contributed by atoms with van der Waals surface area (Å²) in [6.45, 7) is 3.85. The van der Waals surface area contributed by atoms with Crippen LogP contribution in [0, 0.1) is 0 Å². The minimum absolute atomic E-state index is 0.297. The molecule has 0 saturated carbocycles. The smallest absolute Gasteiger partial charge is 0.337 e. The first-order chi connectivity index (χ1) is 12.1. The summed E-state index contributed by atoms with van der Waals surface area (Å²) in [5, 5.41) is 7.80. The second kappa shape index (κ2) is 7.61. The van der Waals surface area contributed by atoms with Gasteiger partial charge in [-0.3, -0.25) is 0 Å². The Kier molecular flexibility index (Phi) is 5.28. The highest BCUT2D eigenvalue weighted by Crippen LogP contribution is 2.27. The van der Waals surface area contributed by atoms with E-state index in [1.54, 1.807) is 25.6 Å². The van der Waals surface area contributed by atoms with E-state index in [1.807, 2.05) is 18.2 Å². The van der Waals surface area contributed by atoms with Gasteiger partial charge in [0.2, 0.25) is 0 Å². The first-order valence-corrected chi connectivity index (χ1v) is 9.16. The van der Waals surface area contributed by atoms with Crippen LogP contribution in [0.4, 0.5) is 4.79 Å². The van der Waals surface area contributed by atoms with Crippen LogP contribution in [0.3, 0.4) is 0 Å². The lowest BCUT2D eigenvalue weighted by Gasteiger charge is -2.26. The van der Waals surface area contributed by atoms with E-state index in [0.717, 1.165) is 10.3 Å². The van der Waals surface area contributed by atoms with Gasteiger partial charge in [-0.1, -0.05) is 30.3 Å². The Hall–Kier alpha value is -2.47. The van der Waals surface area contributed by atoms with E-state index in [1.165, 1.54) is 5.39 Å². The molecule has 5 nitrogen and oxygen atoms in total. The molecular weight excluding hydrogens is 336 g/mol. The Morgan fingerprint density at radius 2 is 1.96 bits per heavy atom. The molecule has 6 heteroatoms. The third-order valence-electron chi connectivity index (χ3n) is 3.97. The summed E-state index contributed by atoms with van der Waals surface area (Å²) < 4.78 is 5.13. The second-order valence-electron chi connectivity index (χ2n) is 5.73. The number of fused-ring (bicyclic) bond motifs is 1. The highest BCUT2D eigenvalue weighted by Gasteiger charge is 2.29. The summed E-state index contributed by atoms with van der Waals surface area (Å²) in [7, 11) is 0. The largest absolute Gasteiger partial charge is 0.463 e. The molecule has 3 rings (SSSR count). The fourth-order valence-corrected chi connectivity index (χ4v) is 3.72. The van der Waals surface area contributed by atoms with Gasteiger partial charge in [-0.25, -0.2) is 9.59 Å². The number of carbonyl (C=O) groups is 2. The van der Waals surface area contributed by atoms with Crippen molar-refractivity contribution in [2.45, 2.75) is 24.8 Å². The first kappa shape index (κ1) is 17.4. The molecule has 0 radical (unpaired) electrons. The van der Waals surface area contributed by atoms with Gasteiger partial charge in [0.25, 0.3) is 0 Å². The van der Waals surface area contributed by atoms with E-state index in [2.05, 4.69) is 34.9 Å². The maximum absolute atomic E-state index is 12.2. The Morgan fingerprint density at radius 3 is 2.72 bits per heavy atom. The van der Waals surface area contributed by atoms with Crippen LogP contribution in [0.25, 0.3) is 10.8 Å². The first-order valence-electron chi connectivity index (χ1n) is 8.17. The number of hydrogen-bond acceptors (Lipinski definition) is 4. The minimum Gasteiger partial charge on any atom is -0.463 e. The highest BCUT2D eigenvalue weighted by molar-refractivity contribution is 7.99. The van der Waals surface area contributed by atoms with Crippen molar-refractivity contribution in [3.05, 3.63) is 53.7 Å². The van der Waals surface area contributed by atoms with Crippen molar-refractivity contribution in [3.8, 4) is 0 Å². The topological polar surface area (TPSA) is 67.4 Å². The zero-order chi connectivity index (χ0) is 17.8. The summed E-state index contributed by atoms with van der Waals surface area (Å²) in [6, 6.07) is 13.7. The van der Waals surface area contributed by atoms with Crippen LogP contribution in [-0.4, -0.2) is 30.4 Å². The van der Waals surface area contributed by atoms with E-state index >= 15 is 0 Å². The normalized spacial score (nSPS) is 17.2. The molecule has 25 heavy (non-hydrogen) atoms. The van der Waals surface area contributed by atoms with Crippen molar-refractivity contribution >= 4 is 34.5 Å². The quantitative estimate of drug-likeness (QED) is 0.636. The van der Waals surface area contributed by atoms with Crippen molar-refractivity contribution < 1.29 is 14.3 Å². The van der Waals surface area contributed by atoms with E-state index in [4.69, 9.17) is 4.74 Å². The van der Waals surface area contributed by atoms with E-state index in [9.17, 15) is 9.59 Å². The van der Waals surface area contributed by atoms with Gasteiger partial charge in [0.1, 0.15) is 0 Å². The molecule has 130 valence electrons. The Labute approximate surface area is 150 Å². The number of rotatable bonds is 5. The molecule has 0 aromatic heterocycles. The molecule has 0 unspecified atom stereocenters. The molecule has 1 aliphatic heterocycles. The number of amides is 2. The fraction of sp³-hybridized carbons (Fsp3) is 0.263. The molecule has 0 saturated heterocycles. The maximum atomic E-state index is 12.2. The molecule has 1 aliphatic rings. The summed E-state index contributed by atoms with van der Waals surface area (Å²) in [4.78, 5) is 25.1. The van der Waals surface area contributed by atoms with Gasteiger partial charge in [0.05, 0.1) is 18.2 Å². The van der Waals surface area contributed by atoms with Crippen LogP contribution in [0.1, 0.15) is 13.8 Å². The van der Waals surface area contributed by atoms with Gasteiger partial charge < -0.3 is 15.4 Å². The van der Waals surface area contributed by atoms with E-state index < -0.39 is 5.97 Å². The third-order valence-corrected chi connectivity index (χ3v) is 4.99. The van der Waals surface area contributed by atoms with Crippen molar-refractivity contribution in [1.82, 2.24) is 10.6 Å². The number of hydrogen-bond donors (Lipinski definition) is 2. The molecule has 0 spiro atoms. The number of urea groups is 1. The monoisotopic (exact) mass is 356 g/mol. The van der Waals surface area contributed by atoms with E-state index in [0.29, 0.717) is 23.6 Å². The van der Waals surface area contributed by atoms with Crippen molar-refractivity contribution in [2.75, 3.05) is 12.4 Å². The van der Waals surface area contributed by atoms with Crippen LogP contribution in [-0.2, 0) is 9.53 Å². The van der Waals surface area contributed by atoms with Crippen molar-refractivity contribution in [2.24, 2.45) is 0 Å². The lowest BCUT2D eigenvalue weighted by Crippen LogP contribution is -2.49. The molecule has 2 N–H and O–H groups in total. The van der Waals surface area contributed by atoms with Gasteiger partial charge in [-0.15, -0.1) is 11.8 Å². The zero-order valence-electron chi connectivity index (χ0n) is 14.2. The fourth-order valence-electron chi connectivity index (χ4n) is 2.81. The molecule has 0 fully saturated rings. The number of thioether (sulfide) groups is 1. The average molecular weight is 356 g/mol. The Bertz CT molecular complexity index is 847. The summed E-state index contributed by atoms with van der Waals surface area (Å²) in [6.07, 6.45) is 0. The Balaban J connectivity index is 1.83. The summed E-state index contributed by atoms with van der Waals surface area (Å²) >= 11 is 1.58. The van der Waals surface area contributed by atoms with Gasteiger partial charge in [-0.05, 0) is 36.8 Å². The van der Waals surface area contributed by atoms with Crippen LogP contribution in [0.2, 0.25) is 0 Å². The third kappa shape index (κ3) is 3.96. The molecule has 1 atom stereocenters. The number of esters is 1. The molecule has 1 heterocycles. The van der Waals surface area contributed by atoms with Crippen molar-refractivity contribution in [1.29, 1.82) is 0 Å². The summed E-state index contributed by atoms with van der Waals surface area (Å²) in [5.74, 6) is 0.0983. The lowest BCUT2D eigenvalue weighted by molar-refractivity contribution is -0.138. The average Bonchev–Trinajstić information content (AvgIpc) is 2.59. The lowest BCUT2D eigenvalue weighted by atomic mass is 10.1. The minimum atomic E-state index is -0.392. The van der Waals surface area contributed by atoms with Gasteiger partial charge in [0, 0.05) is 16.3 Å². The molecular formula is C19H20N2O3S. The Morgan fingerprint density at radius 1 is 1.20 bits per heavy atom. The predicted molar refractivity (Wildman–Crippen MR) is 99.5 cm³/mol. The maximum Gasteiger partial charge on any atom is 0.337 e. The zero-order valence-corrected chi connectivity index (χ0v) is 15.0. The number of nitrogens with one attached hydrogen (secondary N) is 2. The van der Waals surface area contributed by atoms with Gasteiger partial charge in [-0.2, -0.15) is 0 Å². The molecule has 2 aromatic rings. The van der Waals surface area contributed by atoms with Crippen LogP contribution in [0.15, 0.2) is 58.6 Å². The molecule has 2 amide bonds. The van der Waals surface area contributed by atoms with Crippen LogP contribution < -0.4 is 10.6 Å². The summed E-state index contributed by atoms with van der Waals surface area (Å²) in [5.41, 5.74) is 1.09. The molecule has 2 aromatic carbocycles.